The lowest BCUT2D eigenvalue weighted by molar-refractivity contribution is 0.0915. The van der Waals surface area contributed by atoms with Gasteiger partial charge in [-0.3, -0.25) is 4.79 Å². The lowest BCUT2D eigenvalue weighted by Gasteiger charge is -2.24. The molecule has 1 heterocycles. The minimum absolute atomic E-state index is 0.0154. The summed E-state index contributed by atoms with van der Waals surface area (Å²) in [4.78, 5) is 14.1. The first-order valence-electron chi connectivity index (χ1n) is 6.51. The molecule has 0 bridgehead atoms. The van der Waals surface area contributed by atoms with Crippen LogP contribution in [0.15, 0.2) is 24.3 Å². The summed E-state index contributed by atoms with van der Waals surface area (Å²) in [7, 11) is 0.839. The van der Waals surface area contributed by atoms with Crippen molar-refractivity contribution in [3.05, 3.63) is 29.8 Å². The predicted octanol–water partition coefficient (Wildman–Crippen LogP) is 1.06. The van der Waals surface area contributed by atoms with Crippen LogP contribution >= 0.6 is 0 Å². The van der Waals surface area contributed by atoms with Gasteiger partial charge in [-0.1, -0.05) is 0 Å². The topological polar surface area (TPSA) is 66.5 Å². The first-order valence-corrected chi connectivity index (χ1v) is 8.33. The Bertz CT molecular complexity index is 608. The lowest BCUT2D eigenvalue weighted by atomic mass is 10.0. The molecule has 1 aliphatic rings. The van der Waals surface area contributed by atoms with Crippen molar-refractivity contribution in [1.82, 2.24) is 5.32 Å². The number of nitrogens with one attached hydrogen (secondary N) is 1. The number of hydrogen-bond acceptors (Lipinski definition) is 4. The van der Waals surface area contributed by atoms with Gasteiger partial charge in [-0.2, -0.15) is 0 Å². The molecule has 1 amide bonds. The van der Waals surface area contributed by atoms with Gasteiger partial charge >= 0.3 is 0 Å². The van der Waals surface area contributed by atoms with Gasteiger partial charge in [0, 0.05) is 25.3 Å². The van der Waals surface area contributed by atoms with Crippen molar-refractivity contribution in [3.63, 3.8) is 0 Å². The number of anilines is 1. The minimum atomic E-state index is -3.02. The summed E-state index contributed by atoms with van der Waals surface area (Å²) in [6.07, 6.45) is 0.469. The summed E-state index contributed by atoms with van der Waals surface area (Å²) in [5, 5.41) is 2.84. The Labute approximate surface area is 119 Å². The Morgan fingerprint density at radius 1 is 1.25 bits per heavy atom. The molecule has 110 valence electrons. The summed E-state index contributed by atoms with van der Waals surface area (Å²) in [5.74, 6) is -0.0693. The largest absolute Gasteiger partial charge is 0.378 e. The zero-order valence-electron chi connectivity index (χ0n) is 12.0. The van der Waals surface area contributed by atoms with Crippen LogP contribution in [0.5, 0.6) is 0 Å². The third-order valence-corrected chi connectivity index (χ3v) is 5.47. The van der Waals surface area contributed by atoms with E-state index in [4.69, 9.17) is 0 Å². The quantitative estimate of drug-likeness (QED) is 0.906. The Morgan fingerprint density at radius 2 is 1.85 bits per heavy atom. The molecule has 0 aliphatic carbocycles. The molecular weight excluding hydrogens is 276 g/mol. The molecule has 1 aliphatic heterocycles. The van der Waals surface area contributed by atoms with Crippen LogP contribution in [-0.4, -0.2) is 45.5 Å². The Kier molecular flexibility index (Phi) is 3.77. The smallest absolute Gasteiger partial charge is 0.251 e. The molecule has 1 aromatic rings. The fourth-order valence-corrected chi connectivity index (χ4v) is 4.46. The summed E-state index contributed by atoms with van der Waals surface area (Å²) in [6, 6.07) is 7.22. The molecule has 5 nitrogen and oxygen atoms in total. The summed E-state index contributed by atoms with van der Waals surface area (Å²) < 4.78 is 23.1. The highest BCUT2D eigenvalue weighted by atomic mass is 32.2. The average Bonchev–Trinajstić information content (AvgIpc) is 2.63. The monoisotopic (exact) mass is 296 g/mol. The number of nitrogens with zero attached hydrogens (tertiary/aromatic N) is 1. The second-order valence-corrected chi connectivity index (χ2v) is 7.98. The number of sulfone groups is 1. The number of hydrogen-bond donors (Lipinski definition) is 1. The van der Waals surface area contributed by atoms with E-state index in [0.717, 1.165) is 5.69 Å². The van der Waals surface area contributed by atoms with E-state index in [-0.39, 0.29) is 17.4 Å². The predicted molar refractivity (Wildman–Crippen MR) is 79.9 cm³/mol. The van der Waals surface area contributed by atoms with Gasteiger partial charge in [-0.05, 0) is 37.6 Å². The molecule has 0 radical (unpaired) electrons. The average molecular weight is 296 g/mol. The number of carbonyl (C=O) groups excluding carboxylic acids is 1. The maximum Gasteiger partial charge on any atom is 0.251 e. The van der Waals surface area contributed by atoms with Crippen LogP contribution < -0.4 is 10.2 Å². The Balaban J connectivity index is 2.09. The molecule has 2 rings (SSSR count). The van der Waals surface area contributed by atoms with Crippen LogP contribution in [0.2, 0.25) is 0 Å². The standard InChI is InChI=1S/C14H20N2O3S/c1-14(8-9-20(18,19)10-14)15-13(17)11-4-6-12(7-5-11)16(2)3/h4-7H,8-10H2,1-3H3,(H,15,17)/t14-/m0/s1. The fourth-order valence-electron chi connectivity index (χ4n) is 2.37. The maximum absolute atomic E-state index is 12.2. The SMILES string of the molecule is CN(C)c1ccc(C(=O)N[C@@]2(C)CCS(=O)(=O)C2)cc1. The second-order valence-electron chi connectivity index (χ2n) is 5.80. The van der Waals surface area contributed by atoms with Gasteiger partial charge < -0.3 is 10.2 Å². The van der Waals surface area contributed by atoms with Crippen molar-refractivity contribution in [1.29, 1.82) is 0 Å². The molecule has 20 heavy (non-hydrogen) atoms. The zero-order valence-corrected chi connectivity index (χ0v) is 12.8. The van der Waals surface area contributed by atoms with E-state index in [1.165, 1.54) is 0 Å². The van der Waals surface area contributed by atoms with Gasteiger partial charge in [-0.15, -0.1) is 0 Å². The Morgan fingerprint density at radius 3 is 2.30 bits per heavy atom. The highest BCUT2D eigenvalue weighted by Gasteiger charge is 2.39. The van der Waals surface area contributed by atoms with E-state index in [9.17, 15) is 13.2 Å². The minimum Gasteiger partial charge on any atom is -0.378 e. The molecule has 0 spiro atoms. The van der Waals surface area contributed by atoms with Gasteiger partial charge in [0.25, 0.3) is 5.91 Å². The van der Waals surface area contributed by atoms with Crippen molar-refractivity contribution < 1.29 is 13.2 Å². The van der Waals surface area contributed by atoms with Gasteiger partial charge in [0.2, 0.25) is 0 Å². The van der Waals surface area contributed by atoms with Crippen LogP contribution in [0.25, 0.3) is 0 Å². The molecule has 1 aromatic carbocycles. The van der Waals surface area contributed by atoms with E-state index in [1.54, 1.807) is 19.1 Å². The van der Waals surface area contributed by atoms with Crippen molar-refractivity contribution in [3.8, 4) is 0 Å². The third-order valence-electron chi connectivity index (χ3n) is 3.56. The second kappa shape index (κ2) is 5.09. The summed E-state index contributed by atoms with van der Waals surface area (Å²) in [5.41, 5.74) is 0.896. The number of benzene rings is 1. The zero-order chi connectivity index (χ0) is 15.0. The van der Waals surface area contributed by atoms with E-state index in [2.05, 4.69) is 5.32 Å². The fraction of sp³-hybridized carbons (Fsp3) is 0.500. The first kappa shape index (κ1) is 14.8. The number of rotatable bonds is 3. The molecule has 6 heteroatoms. The normalized spacial score (nSPS) is 24.4. The van der Waals surface area contributed by atoms with Crippen LogP contribution in [0.3, 0.4) is 0 Å². The Hall–Kier alpha value is -1.56. The molecule has 1 saturated heterocycles. The van der Waals surface area contributed by atoms with Gasteiger partial charge in [0.1, 0.15) is 0 Å². The van der Waals surface area contributed by atoms with Crippen molar-refractivity contribution >= 4 is 21.4 Å². The van der Waals surface area contributed by atoms with Crippen molar-refractivity contribution in [2.45, 2.75) is 18.9 Å². The summed E-state index contributed by atoms with van der Waals surface area (Å²) >= 11 is 0. The van der Waals surface area contributed by atoms with E-state index in [0.29, 0.717) is 12.0 Å². The van der Waals surface area contributed by atoms with Crippen LogP contribution in [0.4, 0.5) is 5.69 Å². The van der Waals surface area contributed by atoms with Gasteiger partial charge in [0.05, 0.1) is 17.0 Å². The van der Waals surface area contributed by atoms with Crippen molar-refractivity contribution in [2.24, 2.45) is 0 Å². The van der Waals surface area contributed by atoms with E-state index in [1.807, 2.05) is 31.1 Å². The molecular formula is C14H20N2O3S. The molecule has 1 N–H and O–H groups in total. The van der Waals surface area contributed by atoms with Gasteiger partial charge in [-0.25, -0.2) is 8.42 Å². The van der Waals surface area contributed by atoms with Gasteiger partial charge in [0.15, 0.2) is 9.84 Å². The van der Waals surface area contributed by atoms with Crippen LogP contribution in [-0.2, 0) is 9.84 Å². The maximum atomic E-state index is 12.2. The molecule has 1 fully saturated rings. The molecule has 0 saturated carbocycles. The third kappa shape index (κ3) is 3.30. The lowest BCUT2D eigenvalue weighted by Crippen LogP contribution is -2.46. The highest BCUT2D eigenvalue weighted by molar-refractivity contribution is 7.91. The van der Waals surface area contributed by atoms with Crippen LogP contribution in [0, 0.1) is 0 Å². The molecule has 0 aromatic heterocycles. The molecule has 0 unspecified atom stereocenters. The highest BCUT2D eigenvalue weighted by Crippen LogP contribution is 2.23. The summed E-state index contributed by atoms with van der Waals surface area (Å²) in [6.45, 7) is 1.78. The number of carbonyl (C=O) groups is 1. The number of amides is 1. The van der Waals surface area contributed by atoms with Crippen LogP contribution in [0.1, 0.15) is 23.7 Å². The van der Waals surface area contributed by atoms with E-state index >= 15 is 0 Å². The first-order chi connectivity index (χ1) is 9.21. The molecule has 1 atom stereocenters. The van der Waals surface area contributed by atoms with E-state index < -0.39 is 15.4 Å². The van der Waals surface area contributed by atoms with Crippen molar-refractivity contribution in [2.75, 3.05) is 30.5 Å².